The average molecular weight is 434 g/mol. The molecule has 2 aromatic carbocycles. The summed E-state index contributed by atoms with van der Waals surface area (Å²) in [5.41, 5.74) is 2.26. The lowest BCUT2D eigenvalue weighted by Gasteiger charge is -2.22. The monoisotopic (exact) mass is 433 g/mol. The number of hydrogen-bond donors (Lipinski definition) is 1. The van der Waals surface area contributed by atoms with Crippen molar-refractivity contribution in [1.82, 2.24) is 4.31 Å². The maximum atomic E-state index is 12.5. The van der Waals surface area contributed by atoms with Crippen molar-refractivity contribution < 1.29 is 13.2 Å². The van der Waals surface area contributed by atoms with Gasteiger partial charge in [0.2, 0.25) is 15.9 Å². The molecule has 0 aliphatic carbocycles. The van der Waals surface area contributed by atoms with E-state index in [4.69, 9.17) is 11.6 Å². The number of halogens is 1. The summed E-state index contributed by atoms with van der Waals surface area (Å²) in [5.74, 6) is -0.424. The highest BCUT2D eigenvalue weighted by molar-refractivity contribution is 7.92. The number of carbonyl (C=O) groups is 1. The summed E-state index contributed by atoms with van der Waals surface area (Å²) in [4.78, 5) is 14.7. The van der Waals surface area contributed by atoms with Crippen LogP contribution in [0.3, 0.4) is 0 Å². The zero-order valence-electron chi connectivity index (χ0n) is 16.2. The molecule has 0 spiro atoms. The Kier molecular flexibility index (Phi) is 6.95. The van der Waals surface area contributed by atoms with Crippen molar-refractivity contribution in [2.75, 3.05) is 36.9 Å². The van der Waals surface area contributed by atoms with Crippen molar-refractivity contribution in [3.05, 3.63) is 64.5 Å². The number of likely N-dealkylation sites (N-methyl/N-ethyl adjacent to an activating group) is 1. The van der Waals surface area contributed by atoms with Gasteiger partial charge < -0.3 is 10.2 Å². The molecule has 154 valence electrons. The summed E-state index contributed by atoms with van der Waals surface area (Å²) < 4.78 is 25.9. The van der Waals surface area contributed by atoms with E-state index in [0.717, 1.165) is 46.9 Å². The first-order valence-corrected chi connectivity index (χ1v) is 11.3. The van der Waals surface area contributed by atoms with E-state index in [1.165, 1.54) is 13.1 Å². The molecule has 0 atom stereocenters. The van der Waals surface area contributed by atoms with Crippen LogP contribution in [0.5, 0.6) is 0 Å². The van der Waals surface area contributed by atoms with Crippen molar-refractivity contribution >= 4 is 45.0 Å². The number of benzene rings is 2. The largest absolute Gasteiger partial charge is 0.370 e. The number of carbonyl (C=O) groups excluding carboxylic acids is 1. The van der Waals surface area contributed by atoms with Gasteiger partial charge in [0.25, 0.3) is 0 Å². The van der Waals surface area contributed by atoms with Crippen LogP contribution in [-0.2, 0) is 14.8 Å². The highest BCUT2D eigenvalue weighted by atomic mass is 35.5. The molecular formula is C21H24ClN3O3S. The average Bonchev–Trinajstić information content (AvgIpc) is 3.22. The first kappa shape index (κ1) is 21.4. The number of nitrogens with zero attached hydrogens (tertiary/aromatic N) is 2. The van der Waals surface area contributed by atoms with E-state index < -0.39 is 15.9 Å². The maximum Gasteiger partial charge on any atom is 0.239 e. The lowest BCUT2D eigenvalue weighted by atomic mass is 10.2. The predicted molar refractivity (Wildman–Crippen MR) is 119 cm³/mol. The summed E-state index contributed by atoms with van der Waals surface area (Å²) in [7, 11) is -2.35. The molecule has 1 aliphatic rings. The van der Waals surface area contributed by atoms with Gasteiger partial charge in [-0.15, -0.1) is 0 Å². The lowest BCUT2D eigenvalue weighted by molar-refractivity contribution is -0.116. The molecule has 0 unspecified atom stereocenters. The van der Waals surface area contributed by atoms with E-state index in [1.54, 1.807) is 24.3 Å². The predicted octanol–water partition coefficient (Wildman–Crippen LogP) is 3.81. The topological polar surface area (TPSA) is 69.7 Å². The Bertz CT molecular complexity index is 987. The van der Waals surface area contributed by atoms with Gasteiger partial charge in [0, 0.05) is 30.6 Å². The second kappa shape index (κ2) is 9.43. The molecule has 1 aliphatic heterocycles. The Labute approximate surface area is 176 Å². The number of amides is 1. The second-order valence-electron chi connectivity index (χ2n) is 6.92. The Morgan fingerprint density at radius 2 is 1.86 bits per heavy atom. The molecule has 0 bridgehead atoms. The minimum atomic E-state index is -3.72. The number of sulfonamides is 1. The van der Waals surface area contributed by atoms with Crippen LogP contribution < -0.4 is 10.2 Å². The van der Waals surface area contributed by atoms with Crippen molar-refractivity contribution in [3.63, 3.8) is 0 Å². The van der Waals surface area contributed by atoms with Crippen LogP contribution >= 0.6 is 11.6 Å². The van der Waals surface area contributed by atoms with Gasteiger partial charge in [-0.3, -0.25) is 4.79 Å². The molecule has 0 aromatic heterocycles. The Morgan fingerprint density at radius 1 is 1.17 bits per heavy atom. The summed E-state index contributed by atoms with van der Waals surface area (Å²) in [5, 5.41) is 4.42. The van der Waals surface area contributed by atoms with Gasteiger partial charge in [-0.1, -0.05) is 41.9 Å². The fourth-order valence-electron chi connectivity index (χ4n) is 3.16. The van der Waals surface area contributed by atoms with Crippen LogP contribution in [0.25, 0.3) is 6.08 Å². The van der Waals surface area contributed by atoms with Gasteiger partial charge in [-0.2, -0.15) is 4.31 Å². The van der Waals surface area contributed by atoms with Crippen molar-refractivity contribution in [2.45, 2.75) is 12.8 Å². The molecule has 8 heteroatoms. The van der Waals surface area contributed by atoms with E-state index in [1.807, 2.05) is 24.3 Å². The van der Waals surface area contributed by atoms with Crippen LogP contribution in [0, 0.1) is 0 Å². The fourth-order valence-corrected chi connectivity index (χ4v) is 4.16. The van der Waals surface area contributed by atoms with Crippen LogP contribution in [0.1, 0.15) is 18.4 Å². The van der Waals surface area contributed by atoms with Crippen molar-refractivity contribution in [1.29, 1.82) is 0 Å². The Hall–Kier alpha value is -2.35. The van der Waals surface area contributed by atoms with E-state index in [2.05, 4.69) is 10.2 Å². The standard InChI is InChI=1S/C21H24ClN3O3S/c1-24(29(27,28)14-11-17-7-3-2-4-8-17)16-21(26)23-19-15-18(22)9-10-20(19)25-12-5-6-13-25/h2-4,7-11,14-15H,5-6,12-13,16H2,1H3,(H,23,26). The number of hydrogen-bond acceptors (Lipinski definition) is 4. The first-order chi connectivity index (χ1) is 13.8. The molecule has 6 nitrogen and oxygen atoms in total. The van der Waals surface area contributed by atoms with E-state index in [-0.39, 0.29) is 6.54 Å². The van der Waals surface area contributed by atoms with Crippen LogP contribution in [0.2, 0.25) is 5.02 Å². The van der Waals surface area contributed by atoms with Crippen molar-refractivity contribution in [2.24, 2.45) is 0 Å². The quantitative estimate of drug-likeness (QED) is 0.720. The normalized spacial score (nSPS) is 14.7. The molecule has 0 radical (unpaired) electrons. The van der Waals surface area contributed by atoms with Crippen LogP contribution in [0.4, 0.5) is 11.4 Å². The fraction of sp³-hybridized carbons (Fsp3) is 0.286. The third-order valence-electron chi connectivity index (χ3n) is 4.71. The van der Waals surface area contributed by atoms with Gasteiger partial charge in [0.15, 0.2) is 0 Å². The Balaban J connectivity index is 1.67. The summed E-state index contributed by atoms with van der Waals surface area (Å²) in [6.07, 6.45) is 3.71. The molecule has 1 fully saturated rings. The number of anilines is 2. The lowest BCUT2D eigenvalue weighted by Crippen LogP contribution is -2.34. The van der Waals surface area contributed by atoms with Crippen LogP contribution in [-0.4, -0.2) is 45.3 Å². The third-order valence-corrected chi connectivity index (χ3v) is 6.43. The summed E-state index contributed by atoms with van der Waals surface area (Å²) in [6, 6.07) is 14.5. The van der Waals surface area contributed by atoms with E-state index >= 15 is 0 Å². The maximum absolute atomic E-state index is 12.5. The van der Waals surface area contributed by atoms with Crippen molar-refractivity contribution in [3.8, 4) is 0 Å². The summed E-state index contributed by atoms with van der Waals surface area (Å²) in [6.45, 7) is 1.54. The van der Waals surface area contributed by atoms with Gasteiger partial charge in [-0.05, 0) is 42.7 Å². The summed E-state index contributed by atoms with van der Waals surface area (Å²) >= 11 is 6.10. The van der Waals surface area contributed by atoms with Gasteiger partial charge in [0.1, 0.15) is 0 Å². The van der Waals surface area contributed by atoms with Gasteiger partial charge in [-0.25, -0.2) is 8.42 Å². The molecule has 3 rings (SSSR count). The molecule has 0 saturated carbocycles. The first-order valence-electron chi connectivity index (χ1n) is 9.39. The molecule has 1 N–H and O–H groups in total. The Morgan fingerprint density at radius 3 is 2.55 bits per heavy atom. The third kappa shape index (κ3) is 5.82. The molecule has 1 amide bonds. The van der Waals surface area contributed by atoms with E-state index in [9.17, 15) is 13.2 Å². The smallest absolute Gasteiger partial charge is 0.239 e. The minimum Gasteiger partial charge on any atom is -0.370 e. The second-order valence-corrected chi connectivity index (χ2v) is 9.28. The molecule has 29 heavy (non-hydrogen) atoms. The number of nitrogens with one attached hydrogen (secondary N) is 1. The highest BCUT2D eigenvalue weighted by Gasteiger charge is 2.20. The molecule has 1 heterocycles. The van der Waals surface area contributed by atoms with Gasteiger partial charge >= 0.3 is 0 Å². The zero-order chi connectivity index (χ0) is 20.9. The molecular weight excluding hydrogens is 410 g/mol. The van der Waals surface area contributed by atoms with Crippen LogP contribution in [0.15, 0.2) is 53.9 Å². The molecule has 1 saturated heterocycles. The van der Waals surface area contributed by atoms with Gasteiger partial charge in [0.05, 0.1) is 17.9 Å². The minimum absolute atomic E-state index is 0.298. The highest BCUT2D eigenvalue weighted by Crippen LogP contribution is 2.31. The SMILES string of the molecule is CN(CC(=O)Nc1cc(Cl)ccc1N1CCCC1)S(=O)(=O)C=Cc1ccccc1. The van der Waals surface area contributed by atoms with E-state index in [0.29, 0.717) is 10.7 Å². The zero-order valence-corrected chi connectivity index (χ0v) is 17.8. The molecule has 2 aromatic rings. The number of rotatable bonds is 7.